The van der Waals surface area contributed by atoms with Gasteiger partial charge in [0.05, 0.1) is 22.2 Å². The topological polar surface area (TPSA) is 113 Å². The van der Waals surface area contributed by atoms with Gasteiger partial charge in [0, 0.05) is 33.0 Å². The fourth-order valence-corrected chi connectivity index (χ4v) is 4.68. The smallest absolute Gasteiger partial charge is 0.261 e. The second-order valence-electron chi connectivity index (χ2n) is 8.08. The van der Waals surface area contributed by atoms with Crippen LogP contribution >= 0.6 is 11.6 Å². The fraction of sp³-hybridized carbons (Fsp3) is 0.125. The number of nitrogens with one attached hydrogen (secondary N) is 1. The molecule has 174 valence electrons. The number of ketones is 1. The van der Waals surface area contributed by atoms with E-state index in [1.54, 1.807) is 18.3 Å². The molecule has 0 atom stereocenters. The lowest BCUT2D eigenvalue weighted by molar-refractivity contribution is -0.904. The summed E-state index contributed by atoms with van der Waals surface area (Å²) in [5, 5.41) is 9.67. The Morgan fingerprint density at radius 3 is 2.38 bits per heavy atom. The fourth-order valence-electron chi connectivity index (χ4n) is 3.43. The summed E-state index contributed by atoms with van der Waals surface area (Å²) in [7, 11) is -4.02. The molecule has 0 fully saturated rings. The second-order valence-corrected chi connectivity index (χ2v) is 10.2. The van der Waals surface area contributed by atoms with Crippen LogP contribution in [0, 0.1) is 0 Å². The third-order valence-corrected chi connectivity index (χ3v) is 7.02. The molecule has 10 heteroatoms. The van der Waals surface area contributed by atoms with Crippen molar-refractivity contribution in [3.63, 3.8) is 0 Å². The number of nitrogens with zero attached hydrogens (tertiary/aromatic N) is 2. The number of pyridine rings is 1. The number of carbonyl (C=O) groups excluding carboxylic acids is 1. The van der Waals surface area contributed by atoms with Crippen LogP contribution in [-0.4, -0.2) is 24.4 Å². The minimum atomic E-state index is -4.02. The summed E-state index contributed by atoms with van der Waals surface area (Å²) in [4.78, 5) is 17.2. The van der Waals surface area contributed by atoms with Gasteiger partial charge < -0.3 is 4.42 Å². The number of carbonyl (C=O) groups is 1. The third-order valence-electron chi connectivity index (χ3n) is 5.40. The van der Waals surface area contributed by atoms with Crippen molar-refractivity contribution < 1.29 is 27.6 Å². The first kappa shape index (κ1) is 23.5. The zero-order valence-corrected chi connectivity index (χ0v) is 19.8. The van der Waals surface area contributed by atoms with Crippen molar-refractivity contribution in [3.05, 3.63) is 107 Å². The van der Waals surface area contributed by atoms with Crippen LogP contribution in [-0.2, 0) is 15.4 Å². The van der Waals surface area contributed by atoms with E-state index in [2.05, 4.69) is 9.71 Å². The van der Waals surface area contributed by atoms with Crippen LogP contribution < -0.4 is 9.45 Å². The number of rotatable bonds is 7. The van der Waals surface area contributed by atoms with Crippen molar-refractivity contribution in [3.8, 4) is 0 Å². The van der Waals surface area contributed by atoms with Crippen molar-refractivity contribution in [1.82, 2.24) is 4.98 Å². The van der Waals surface area contributed by atoms with Crippen LogP contribution in [0.25, 0.3) is 0 Å². The molecular weight excluding hydrogens is 478 g/mol. The molecule has 0 amide bonds. The Hall–Kier alpha value is -3.69. The number of halogens is 1. The molecular formula is C24H21ClN3O5S+. The maximum absolute atomic E-state index is 13.1. The number of sulfonamides is 1. The van der Waals surface area contributed by atoms with Gasteiger partial charge in [0.1, 0.15) is 6.26 Å². The average molecular weight is 499 g/mol. The zero-order chi connectivity index (χ0) is 24.5. The molecule has 0 radical (unpaired) electrons. The molecule has 4 aromatic rings. The van der Waals surface area contributed by atoms with E-state index in [4.69, 9.17) is 16.0 Å². The van der Waals surface area contributed by atoms with E-state index in [0.29, 0.717) is 5.89 Å². The molecule has 2 N–H and O–H groups in total. The van der Waals surface area contributed by atoms with Crippen molar-refractivity contribution in [2.75, 3.05) is 4.72 Å². The molecule has 0 spiro atoms. The van der Waals surface area contributed by atoms with Gasteiger partial charge in [-0.3, -0.25) is 14.7 Å². The summed E-state index contributed by atoms with van der Waals surface area (Å²) in [6.45, 7) is 3.85. The van der Waals surface area contributed by atoms with Crippen LogP contribution in [0.2, 0.25) is 5.02 Å². The quantitative estimate of drug-likeness (QED) is 0.224. The lowest BCUT2D eigenvalue weighted by atomic mass is 9.84. The van der Waals surface area contributed by atoms with Crippen LogP contribution in [0.5, 0.6) is 0 Å². The van der Waals surface area contributed by atoms with Gasteiger partial charge in [-0.05, 0) is 49.7 Å². The van der Waals surface area contributed by atoms with E-state index >= 15 is 0 Å². The maximum atomic E-state index is 13.1. The van der Waals surface area contributed by atoms with E-state index in [0.717, 1.165) is 10.3 Å². The predicted octanol–water partition coefficient (Wildman–Crippen LogP) is 4.21. The van der Waals surface area contributed by atoms with Crippen LogP contribution in [0.15, 0.2) is 88.8 Å². The van der Waals surface area contributed by atoms with E-state index in [1.807, 2.05) is 13.8 Å². The van der Waals surface area contributed by atoms with E-state index in [1.165, 1.54) is 61.1 Å². The molecule has 8 nitrogen and oxygen atoms in total. The Morgan fingerprint density at radius 1 is 1.09 bits per heavy atom. The number of oxazole rings is 1. The highest BCUT2D eigenvalue weighted by molar-refractivity contribution is 7.92. The van der Waals surface area contributed by atoms with Crippen LogP contribution in [0.1, 0.15) is 41.2 Å². The van der Waals surface area contributed by atoms with Crippen molar-refractivity contribution in [2.45, 2.75) is 24.2 Å². The van der Waals surface area contributed by atoms with Crippen molar-refractivity contribution in [2.24, 2.45) is 0 Å². The Balaban J connectivity index is 1.64. The molecule has 2 aromatic heterocycles. The molecule has 0 bridgehead atoms. The van der Waals surface area contributed by atoms with E-state index < -0.39 is 21.2 Å². The highest BCUT2D eigenvalue weighted by Gasteiger charge is 2.28. The predicted molar refractivity (Wildman–Crippen MR) is 125 cm³/mol. The lowest BCUT2D eigenvalue weighted by Crippen LogP contribution is -2.28. The van der Waals surface area contributed by atoms with Gasteiger partial charge in [-0.2, -0.15) is 0 Å². The SMILES string of the molecule is CC(C)(c1ccc(S(=O)(=O)Nc2ccc(Cl)cc2C(=O)c2cc[n+](O)cc2)cc1)c1ncco1. The second kappa shape index (κ2) is 8.92. The minimum Gasteiger partial charge on any atom is -0.448 e. The zero-order valence-electron chi connectivity index (χ0n) is 18.3. The average Bonchev–Trinajstić information content (AvgIpc) is 3.36. The van der Waals surface area contributed by atoms with E-state index in [9.17, 15) is 18.4 Å². The molecule has 2 heterocycles. The number of anilines is 1. The molecule has 0 saturated carbocycles. The summed E-state index contributed by atoms with van der Waals surface area (Å²) in [6.07, 6.45) is 5.63. The van der Waals surface area contributed by atoms with Gasteiger partial charge in [-0.15, -0.1) is 0 Å². The summed E-state index contributed by atoms with van der Waals surface area (Å²) in [5.74, 6) is 0.0574. The Labute approximate surface area is 201 Å². The summed E-state index contributed by atoms with van der Waals surface area (Å²) in [6, 6.07) is 13.5. The molecule has 0 aliphatic rings. The highest BCUT2D eigenvalue weighted by atomic mass is 35.5. The summed E-state index contributed by atoms with van der Waals surface area (Å²) in [5.41, 5.74) is 0.678. The molecule has 0 unspecified atom stereocenters. The first-order valence-electron chi connectivity index (χ1n) is 10.2. The molecule has 0 aliphatic carbocycles. The third kappa shape index (κ3) is 4.66. The summed E-state index contributed by atoms with van der Waals surface area (Å²) >= 11 is 6.08. The standard InChI is InChI=1S/C24H20ClN3O5S/c1-24(2,23-26-11-14-33-23)17-3-6-19(7-4-17)34(31,32)27-21-8-5-18(25)15-20(21)22(29)16-9-12-28(30)13-10-16/h3-15H,1-2H3,(H-,27,29,30)/p+1. The Morgan fingerprint density at radius 2 is 1.76 bits per heavy atom. The highest BCUT2D eigenvalue weighted by Crippen LogP contribution is 2.31. The lowest BCUT2D eigenvalue weighted by Gasteiger charge is -2.21. The van der Waals surface area contributed by atoms with E-state index in [-0.39, 0.29) is 26.7 Å². The first-order chi connectivity index (χ1) is 16.1. The van der Waals surface area contributed by atoms with Gasteiger partial charge in [-0.25, -0.2) is 13.4 Å². The number of benzene rings is 2. The molecule has 34 heavy (non-hydrogen) atoms. The van der Waals surface area contributed by atoms with Gasteiger partial charge in [0.25, 0.3) is 10.0 Å². The molecule has 2 aromatic carbocycles. The van der Waals surface area contributed by atoms with Gasteiger partial charge >= 0.3 is 0 Å². The minimum absolute atomic E-state index is 0.0221. The Kier molecular flexibility index (Phi) is 6.16. The van der Waals surface area contributed by atoms with Crippen molar-refractivity contribution in [1.29, 1.82) is 0 Å². The van der Waals surface area contributed by atoms with Crippen LogP contribution in [0.4, 0.5) is 5.69 Å². The largest absolute Gasteiger partial charge is 0.448 e. The first-order valence-corrected chi connectivity index (χ1v) is 12.0. The monoisotopic (exact) mass is 498 g/mol. The maximum Gasteiger partial charge on any atom is 0.261 e. The van der Waals surface area contributed by atoms with Gasteiger partial charge in [0.2, 0.25) is 18.3 Å². The summed E-state index contributed by atoms with van der Waals surface area (Å²) < 4.78 is 34.9. The Bertz CT molecular complexity index is 1430. The molecule has 4 rings (SSSR count). The molecule has 0 aliphatic heterocycles. The van der Waals surface area contributed by atoms with Gasteiger partial charge in [-0.1, -0.05) is 23.7 Å². The van der Waals surface area contributed by atoms with Crippen molar-refractivity contribution >= 4 is 33.1 Å². The van der Waals surface area contributed by atoms with Gasteiger partial charge in [0.15, 0.2) is 5.78 Å². The normalized spacial score (nSPS) is 11.9. The number of aromatic nitrogens is 2. The van der Waals surface area contributed by atoms with Crippen LogP contribution in [0.3, 0.4) is 0 Å². The number of hydrogen-bond donors (Lipinski definition) is 2. The number of hydrogen-bond acceptors (Lipinski definition) is 6. The molecule has 0 saturated heterocycles.